The summed E-state index contributed by atoms with van der Waals surface area (Å²) in [7, 11) is -2.41. The quantitative estimate of drug-likeness (QED) is 0.517. The van der Waals surface area contributed by atoms with Gasteiger partial charge in [0.1, 0.15) is 10.7 Å². The van der Waals surface area contributed by atoms with Gasteiger partial charge in [-0.05, 0) is 67.4 Å². The van der Waals surface area contributed by atoms with Crippen molar-refractivity contribution in [2.75, 3.05) is 35.1 Å². The Labute approximate surface area is 198 Å². The molecule has 1 aliphatic rings. The first-order valence-electron chi connectivity index (χ1n) is 10.9. The molecule has 0 bridgehead atoms. The van der Waals surface area contributed by atoms with Gasteiger partial charge in [0, 0.05) is 42.8 Å². The average molecular weight is 484 g/mol. The van der Waals surface area contributed by atoms with Gasteiger partial charge in [0.15, 0.2) is 0 Å². The van der Waals surface area contributed by atoms with Crippen molar-refractivity contribution in [2.45, 2.75) is 23.8 Å². The summed E-state index contributed by atoms with van der Waals surface area (Å²) in [5.41, 5.74) is 2.09. The molecule has 3 aromatic carbocycles. The molecule has 1 saturated heterocycles. The predicted molar refractivity (Wildman–Crippen MR) is 130 cm³/mol. The molecule has 4 rings (SSSR count). The van der Waals surface area contributed by atoms with E-state index in [0.717, 1.165) is 37.7 Å². The van der Waals surface area contributed by atoms with Crippen molar-refractivity contribution in [1.82, 2.24) is 0 Å². The van der Waals surface area contributed by atoms with Crippen LogP contribution >= 0.6 is 0 Å². The number of methoxy groups -OCH3 is 1. The van der Waals surface area contributed by atoms with Crippen LogP contribution in [0.1, 0.15) is 23.2 Å². The van der Waals surface area contributed by atoms with E-state index in [1.807, 2.05) is 24.3 Å². The van der Waals surface area contributed by atoms with Crippen LogP contribution in [0.4, 0.5) is 21.5 Å². The highest BCUT2D eigenvalue weighted by Gasteiger charge is 2.20. The summed E-state index contributed by atoms with van der Waals surface area (Å²) in [5, 5.41) is 2.82. The molecule has 3 aromatic rings. The van der Waals surface area contributed by atoms with Crippen LogP contribution in [0.3, 0.4) is 0 Å². The zero-order valence-corrected chi connectivity index (χ0v) is 19.5. The van der Waals surface area contributed by atoms with Gasteiger partial charge in [-0.1, -0.05) is 18.2 Å². The maximum atomic E-state index is 13.9. The fourth-order valence-electron chi connectivity index (χ4n) is 3.92. The Kier molecular flexibility index (Phi) is 7.14. The molecule has 9 heteroatoms. The molecular formula is C25H26FN3O4S. The highest BCUT2D eigenvalue weighted by molar-refractivity contribution is 7.92. The first-order chi connectivity index (χ1) is 16.4. The molecule has 1 atom stereocenters. The lowest BCUT2D eigenvalue weighted by Gasteiger charge is -2.33. The lowest BCUT2D eigenvalue weighted by Crippen LogP contribution is -2.39. The Hall–Kier alpha value is -3.43. The summed E-state index contributed by atoms with van der Waals surface area (Å²) in [6.07, 6.45) is 2.33. The summed E-state index contributed by atoms with van der Waals surface area (Å²) < 4.78 is 46.8. The third kappa shape index (κ3) is 5.55. The second-order valence-corrected chi connectivity index (χ2v) is 9.71. The lowest BCUT2D eigenvalue weighted by atomic mass is 10.1. The minimum atomic E-state index is -4.14. The van der Waals surface area contributed by atoms with Crippen molar-refractivity contribution in [2.24, 2.45) is 0 Å². The minimum Gasteiger partial charge on any atom is -0.380 e. The number of halogens is 1. The first-order valence-corrected chi connectivity index (χ1v) is 12.4. The fraction of sp³-hybridized carbons (Fsp3) is 0.240. The average Bonchev–Trinajstić information content (AvgIpc) is 2.84. The van der Waals surface area contributed by atoms with Crippen LogP contribution in [-0.4, -0.2) is 40.6 Å². The van der Waals surface area contributed by atoms with E-state index in [1.54, 1.807) is 19.2 Å². The Morgan fingerprint density at radius 1 is 1.03 bits per heavy atom. The molecule has 178 valence electrons. The highest BCUT2D eigenvalue weighted by atomic mass is 32.2. The second kappa shape index (κ2) is 10.2. The number of benzene rings is 3. The van der Waals surface area contributed by atoms with Crippen LogP contribution in [0.2, 0.25) is 0 Å². The maximum absolute atomic E-state index is 13.9. The fourth-order valence-corrected chi connectivity index (χ4v) is 5.05. The molecule has 0 spiro atoms. The normalized spacial score (nSPS) is 16.2. The summed E-state index contributed by atoms with van der Waals surface area (Å²) in [4.78, 5) is 14.5. The molecular weight excluding hydrogens is 457 g/mol. The van der Waals surface area contributed by atoms with Gasteiger partial charge in [-0.25, -0.2) is 12.8 Å². The maximum Gasteiger partial charge on any atom is 0.264 e. The van der Waals surface area contributed by atoms with E-state index < -0.39 is 26.6 Å². The van der Waals surface area contributed by atoms with E-state index in [4.69, 9.17) is 4.74 Å². The summed E-state index contributed by atoms with van der Waals surface area (Å²) in [5.74, 6) is -1.24. The van der Waals surface area contributed by atoms with Gasteiger partial charge in [0.2, 0.25) is 0 Å². The first kappa shape index (κ1) is 23.7. The van der Waals surface area contributed by atoms with E-state index in [1.165, 1.54) is 30.3 Å². The number of nitrogens with one attached hydrogen (secondary N) is 2. The van der Waals surface area contributed by atoms with Crippen molar-refractivity contribution < 1.29 is 22.3 Å². The topological polar surface area (TPSA) is 87.7 Å². The number of ether oxygens (including phenoxy) is 1. The molecule has 1 amide bonds. The molecule has 2 N–H and O–H groups in total. The van der Waals surface area contributed by atoms with Crippen molar-refractivity contribution in [1.29, 1.82) is 0 Å². The number of carbonyl (C=O) groups is 1. The van der Waals surface area contributed by atoms with Crippen molar-refractivity contribution in [3.63, 3.8) is 0 Å². The van der Waals surface area contributed by atoms with Crippen LogP contribution in [0.25, 0.3) is 0 Å². The van der Waals surface area contributed by atoms with Crippen molar-refractivity contribution in [3.8, 4) is 0 Å². The van der Waals surface area contributed by atoms with Gasteiger partial charge in [-0.2, -0.15) is 0 Å². The van der Waals surface area contributed by atoms with Crippen LogP contribution in [-0.2, 0) is 14.8 Å². The monoisotopic (exact) mass is 483 g/mol. The highest BCUT2D eigenvalue weighted by Crippen LogP contribution is 2.24. The molecule has 0 saturated carbocycles. The van der Waals surface area contributed by atoms with E-state index in [0.29, 0.717) is 5.69 Å². The second-order valence-electron chi connectivity index (χ2n) is 8.06. The van der Waals surface area contributed by atoms with Gasteiger partial charge in [0.25, 0.3) is 15.9 Å². The number of amides is 1. The lowest BCUT2D eigenvalue weighted by molar-refractivity contribution is 0.0893. The molecule has 1 aliphatic heterocycles. The van der Waals surface area contributed by atoms with Crippen molar-refractivity contribution >= 4 is 33.0 Å². The molecule has 0 radical (unpaired) electrons. The molecule has 1 unspecified atom stereocenters. The Morgan fingerprint density at radius 3 is 2.53 bits per heavy atom. The summed E-state index contributed by atoms with van der Waals surface area (Å²) in [6.45, 7) is 1.79. The molecule has 0 aromatic heterocycles. The number of nitrogens with zero attached hydrogens (tertiary/aromatic N) is 1. The summed E-state index contributed by atoms with van der Waals surface area (Å²) >= 11 is 0. The molecule has 1 fully saturated rings. The Morgan fingerprint density at radius 2 is 1.79 bits per heavy atom. The number of piperidine rings is 1. The van der Waals surface area contributed by atoms with Crippen molar-refractivity contribution in [3.05, 3.63) is 84.2 Å². The van der Waals surface area contributed by atoms with Crippen LogP contribution in [0.15, 0.2) is 77.7 Å². The number of carbonyl (C=O) groups excluding carboxylic acids is 1. The van der Waals surface area contributed by atoms with E-state index in [-0.39, 0.29) is 17.4 Å². The molecule has 1 heterocycles. The van der Waals surface area contributed by atoms with Gasteiger partial charge in [-0.3, -0.25) is 9.52 Å². The van der Waals surface area contributed by atoms with Gasteiger partial charge in [-0.15, -0.1) is 0 Å². The largest absolute Gasteiger partial charge is 0.380 e. The molecule has 34 heavy (non-hydrogen) atoms. The summed E-state index contributed by atoms with van der Waals surface area (Å²) in [6, 6.07) is 18.7. The standard InChI is InChI=1S/C25H26FN3O4S/c1-33-22-8-5-15-29(17-22)21-13-11-19(12-14-21)27-25(30)18-6-4-7-20(16-18)28-34(31,32)24-10-3-2-9-23(24)26/h2-4,6-7,9-14,16,22,28H,5,8,15,17H2,1H3,(H,27,30). The number of rotatable bonds is 7. The van der Waals surface area contributed by atoms with Crippen LogP contribution in [0, 0.1) is 5.82 Å². The number of sulfonamides is 1. The zero-order chi connectivity index (χ0) is 24.1. The Bertz CT molecular complexity index is 1270. The van der Waals surface area contributed by atoms with E-state index in [2.05, 4.69) is 14.9 Å². The smallest absolute Gasteiger partial charge is 0.264 e. The zero-order valence-electron chi connectivity index (χ0n) is 18.7. The van der Waals surface area contributed by atoms with Crippen LogP contribution in [0.5, 0.6) is 0 Å². The number of hydrogen-bond donors (Lipinski definition) is 2. The van der Waals surface area contributed by atoms with Crippen LogP contribution < -0.4 is 14.9 Å². The van der Waals surface area contributed by atoms with Gasteiger partial charge < -0.3 is 15.0 Å². The van der Waals surface area contributed by atoms with E-state index >= 15 is 0 Å². The third-order valence-corrected chi connectivity index (χ3v) is 7.12. The van der Waals surface area contributed by atoms with Gasteiger partial charge >= 0.3 is 0 Å². The minimum absolute atomic E-state index is 0.157. The SMILES string of the molecule is COC1CCCN(c2ccc(NC(=O)c3cccc(NS(=O)(=O)c4ccccc4F)c3)cc2)C1. The van der Waals surface area contributed by atoms with Gasteiger partial charge in [0.05, 0.1) is 6.10 Å². The van der Waals surface area contributed by atoms with E-state index in [9.17, 15) is 17.6 Å². The number of hydrogen-bond acceptors (Lipinski definition) is 5. The molecule has 7 nitrogen and oxygen atoms in total. The molecule has 0 aliphatic carbocycles. The predicted octanol–water partition coefficient (Wildman–Crippen LogP) is 4.49. The number of anilines is 3. The Balaban J connectivity index is 1.43. The third-order valence-electron chi connectivity index (χ3n) is 5.70.